The molecule has 0 spiro atoms. The van der Waals surface area contributed by atoms with E-state index in [9.17, 15) is 4.79 Å². The Labute approximate surface area is 229 Å². The van der Waals surface area contributed by atoms with Crippen molar-refractivity contribution >= 4 is 86.3 Å². The van der Waals surface area contributed by atoms with Gasteiger partial charge in [-0.05, 0) is 41.1 Å². The lowest BCUT2D eigenvalue weighted by Crippen LogP contribution is -2.17. The molecule has 0 saturated heterocycles. The van der Waals surface area contributed by atoms with Gasteiger partial charge in [0.15, 0.2) is 17.5 Å². The van der Waals surface area contributed by atoms with E-state index in [4.69, 9.17) is 74.3 Å². The van der Waals surface area contributed by atoms with Crippen molar-refractivity contribution in [2.75, 3.05) is 6.61 Å². The molecule has 0 fully saturated rings. The number of hydrogen-bond acceptors (Lipinski definition) is 8. The number of carbonyl (C=O) groups excluding carboxylic acids is 1. The number of rotatable bonds is 3. The van der Waals surface area contributed by atoms with Crippen LogP contribution in [0.15, 0.2) is 54.9 Å². The van der Waals surface area contributed by atoms with Crippen molar-refractivity contribution in [1.82, 2.24) is 30.4 Å². The van der Waals surface area contributed by atoms with E-state index in [1.54, 1.807) is 61.8 Å². The van der Waals surface area contributed by atoms with Crippen molar-refractivity contribution in [2.24, 2.45) is 0 Å². The van der Waals surface area contributed by atoms with Crippen LogP contribution in [0.4, 0.5) is 0 Å². The second kappa shape index (κ2) is 11.8. The lowest BCUT2D eigenvalue weighted by atomic mass is 9.99. The average molecular weight is 595 g/mol. The molecule has 2 aromatic heterocycles. The fourth-order valence-corrected chi connectivity index (χ4v) is 3.34. The summed E-state index contributed by atoms with van der Waals surface area (Å²) in [5, 5.41) is 11.4. The van der Waals surface area contributed by atoms with Crippen LogP contribution < -0.4 is 0 Å². The zero-order chi connectivity index (χ0) is 25.6. The van der Waals surface area contributed by atoms with E-state index in [-0.39, 0.29) is 24.1 Å². The Hall–Kier alpha value is -2.07. The molecular formula is C21H14Cl6N6O2. The first-order valence-electron chi connectivity index (χ1n) is 9.70. The summed E-state index contributed by atoms with van der Waals surface area (Å²) in [6.45, 7) is 1.98. The average Bonchev–Trinajstić information content (AvgIpc) is 2.83. The van der Waals surface area contributed by atoms with Crippen LogP contribution in [-0.2, 0) is 12.3 Å². The third-order valence-electron chi connectivity index (χ3n) is 4.21. The van der Waals surface area contributed by atoms with Crippen molar-refractivity contribution in [1.29, 1.82) is 0 Å². The third-order valence-corrected chi connectivity index (χ3v) is 5.23. The molecule has 0 unspecified atom stereocenters. The standard InChI is InChI=1S/C18H11Cl6N3O2.C3H3N3/c1-2-29-14(28)12-8-7-11(9-5-3-4-6-10(9)12)13-25-15(17(19,20)21)27-16(26-13)18(22,23)24;1-2-4-6-5-3-1/h3-8H,2H2,1H3;1-3H. The molecule has 0 saturated carbocycles. The summed E-state index contributed by atoms with van der Waals surface area (Å²) in [5.41, 5.74) is 0.922. The zero-order valence-electron chi connectivity index (χ0n) is 17.7. The van der Waals surface area contributed by atoms with Gasteiger partial charge in [-0.3, -0.25) is 0 Å². The topological polar surface area (TPSA) is 104 Å². The monoisotopic (exact) mass is 592 g/mol. The number of alkyl halides is 6. The summed E-state index contributed by atoms with van der Waals surface area (Å²) >= 11 is 35.7. The van der Waals surface area contributed by atoms with E-state index in [0.717, 1.165) is 0 Å². The van der Waals surface area contributed by atoms with Gasteiger partial charge in [-0.15, -0.1) is 10.2 Å². The summed E-state index contributed by atoms with van der Waals surface area (Å²) in [6.07, 6.45) is 3.15. The van der Waals surface area contributed by atoms with Gasteiger partial charge in [0, 0.05) is 5.56 Å². The second-order valence-corrected chi connectivity index (χ2v) is 11.1. The minimum atomic E-state index is -1.97. The van der Waals surface area contributed by atoms with Gasteiger partial charge in [0.2, 0.25) is 7.59 Å². The smallest absolute Gasteiger partial charge is 0.338 e. The maximum atomic E-state index is 12.3. The molecule has 0 aliphatic heterocycles. The third kappa shape index (κ3) is 7.22. The highest BCUT2D eigenvalue weighted by molar-refractivity contribution is 6.67. The highest BCUT2D eigenvalue weighted by Gasteiger charge is 2.34. The van der Waals surface area contributed by atoms with Crippen molar-refractivity contribution < 1.29 is 9.53 Å². The van der Waals surface area contributed by atoms with Crippen molar-refractivity contribution in [3.05, 3.63) is 72.1 Å². The lowest BCUT2D eigenvalue weighted by molar-refractivity contribution is 0.0528. The Morgan fingerprint density at radius 1 is 0.800 bits per heavy atom. The number of halogens is 6. The number of hydrogen-bond donors (Lipinski definition) is 0. The second-order valence-electron chi connectivity index (χ2n) is 6.54. The van der Waals surface area contributed by atoms with E-state index in [0.29, 0.717) is 21.9 Å². The Kier molecular flexibility index (Phi) is 9.26. The molecule has 14 heteroatoms. The van der Waals surface area contributed by atoms with Crippen LogP contribution in [0.25, 0.3) is 22.2 Å². The Morgan fingerprint density at radius 2 is 1.37 bits per heavy atom. The Morgan fingerprint density at radius 3 is 1.83 bits per heavy atom. The fourth-order valence-electron chi connectivity index (χ4n) is 2.84. The van der Waals surface area contributed by atoms with E-state index in [2.05, 4.69) is 30.4 Å². The number of esters is 1. The van der Waals surface area contributed by atoms with Gasteiger partial charge in [-0.25, -0.2) is 19.7 Å². The molecule has 182 valence electrons. The fraction of sp³-hybridized carbons (Fsp3) is 0.190. The molecule has 35 heavy (non-hydrogen) atoms. The van der Waals surface area contributed by atoms with Crippen LogP contribution in [0, 0.1) is 0 Å². The highest BCUT2D eigenvalue weighted by Crippen LogP contribution is 2.41. The van der Waals surface area contributed by atoms with Gasteiger partial charge in [-0.2, -0.15) is 0 Å². The summed E-state index contributed by atoms with van der Waals surface area (Å²) < 4.78 is 1.19. The van der Waals surface area contributed by atoms with Crippen molar-refractivity contribution in [2.45, 2.75) is 14.5 Å². The van der Waals surface area contributed by atoms with Crippen LogP contribution in [0.2, 0.25) is 0 Å². The van der Waals surface area contributed by atoms with Gasteiger partial charge >= 0.3 is 5.97 Å². The predicted molar refractivity (Wildman–Crippen MR) is 137 cm³/mol. The van der Waals surface area contributed by atoms with Gasteiger partial charge in [0.05, 0.1) is 24.6 Å². The normalized spacial score (nSPS) is 11.5. The molecule has 4 aromatic rings. The number of fused-ring (bicyclic) bond motifs is 1. The Balaban J connectivity index is 0.000000497. The van der Waals surface area contributed by atoms with E-state index in [1.807, 2.05) is 0 Å². The molecular weight excluding hydrogens is 581 g/mol. The molecule has 2 aromatic carbocycles. The zero-order valence-corrected chi connectivity index (χ0v) is 22.2. The highest BCUT2D eigenvalue weighted by atomic mass is 35.6. The van der Waals surface area contributed by atoms with Crippen LogP contribution >= 0.6 is 69.6 Å². The minimum absolute atomic E-state index is 0.120. The largest absolute Gasteiger partial charge is 0.462 e. The maximum Gasteiger partial charge on any atom is 0.338 e. The number of ether oxygens (including phenoxy) is 1. The summed E-state index contributed by atoms with van der Waals surface area (Å²) in [7, 11) is 0. The molecule has 0 radical (unpaired) electrons. The van der Waals surface area contributed by atoms with Gasteiger partial charge < -0.3 is 4.74 Å². The molecule has 0 aliphatic rings. The first-order valence-corrected chi connectivity index (χ1v) is 12.0. The molecule has 0 aliphatic carbocycles. The molecule has 0 N–H and O–H groups in total. The molecule has 0 bridgehead atoms. The quantitative estimate of drug-likeness (QED) is 0.198. The van der Waals surface area contributed by atoms with Crippen LogP contribution in [0.1, 0.15) is 28.9 Å². The van der Waals surface area contributed by atoms with Gasteiger partial charge in [-0.1, -0.05) is 93.9 Å². The molecule has 0 amide bonds. The van der Waals surface area contributed by atoms with Crippen LogP contribution in [0.3, 0.4) is 0 Å². The SMILES string of the molecule is CCOC(=O)c1ccc(-c2nc(C(Cl)(Cl)Cl)nc(C(Cl)(Cl)Cl)n2)c2ccccc12.c1cnnnc1. The number of benzene rings is 2. The van der Waals surface area contributed by atoms with E-state index in [1.165, 1.54) is 0 Å². The lowest BCUT2D eigenvalue weighted by Gasteiger charge is -2.16. The van der Waals surface area contributed by atoms with Crippen LogP contribution in [-0.4, -0.2) is 42.9 Å². The first-order chi connectivity index (χ1) is 16.5. The van der Waals surface area contributed by atoms with Gasteiger partial charge in [0.1, 0.15) is 0 Å². The van der Waals surface area contributed by atoms with E-state index < -0.39 is 13.6 Å². The van der Waals surface area contributed by atoms with Crippen molar-refractivity contribution in [3.63, 3.8) is 0 Å². The summed E-state index contributed by atoms with van der Waals surface area (Å²) in [6, 6.07) is 12.1. The minimum Gasteiger partial charge on any atom is -0.462 e. The molecule has 0 atom stereocenters. The molecule has 4 rings (SSSR count). The van der Waals surface area contributed by atoms with Crippen LogP contribution in [0.5, 0.6) is 0 Å². The number of carbonyl (C=O) groups is 1. The number of aromatic nitrogens is 6. The summed E-state index contributed by atoms with van der Waals surface area (Å²) in [5.74, 6) is -0.733. The van der Waals surface area contributed by atoms with Crippen molar-refractivity contribution in [3.8, 4) is 11.4 Å². The molecule has 8 nitrogen and oxygen atoms in total. The predicted octanol–water partition coefficient (Wildman–Crippen LogP) is 6.39. The van der Waals surface area contributed by atoms with E-state index >= 15 is 0 Å². The molecule has 2 heterocycles. The summed E-state index contributed by atoms with van der Waals surface area (Å²) in [4.78, 5) is 24.8. The number of nitrogens with zero attached hydrogens (tertiary/aromatic N) is 6. The maximum absolute atomic E-state index is 12.3. The van der Waals surface area contributed by atoms with Gasteiger partial charge in [0.25, 0.3) is 0 Å². The first kappa shape index (κ1) is 27.5. The Bertz CT molecular complexity index is 1260.